The molecule has 1 atom stereocenters. The molecule has 94 valence electrons. The van der Waals surface area contributed by atoms with Crippen LogP contribution in [0.1, 0.15) is 30.1 Å². The number of nitrogens with zero attached hydrogens (tertiary/aromatic N) is 1. The zero-order valence-corrected chi connectivity index (χ0v) is 10.8. The minimum absolute atomic E-state index is 0.0605. The van der Waals surface area contributed by atoms with Crippen LogP contribution in [0.5, 0.6) is 0 Å². The molecule has 0 aliphatic heterocycles. The summed E-state index contributed by atoms with van der Waals surface area (Å²) >= 11 is 5.58. The maximum Gasteiger partial charge on any atom is 0.251 e. The molecule has 1 aromatic heterocycles. The molecule has 0 aliphatic rings. The number of aryl methyl sites for hydroxylation is 1. The van der Waals surface area contributed by atoms with Gasteiger partial charge in [0.15, 0.2) is 0 Å². The molecule has 1 heterocycles. The Balaban J connectivity index is 2.63. The summed E-state index contributed by atoms with van der Waals surface area (Å²) in [5, 5.41) is 2.83. The molecule has 1 rings (SSSR count). The van der Waals surface area contributed by atoms with Crippen molar-refractivity contribution in [2.24, 2.45) is 7.05 Å². The molecule has 17 heavy (non-hydrogen) atoms. The highest BCUT2D eigenvalue weighted by molar-refractivity contribution is 6.17. The van der Waals surface area contributed by atoms with Gasteiger partial charge >= 0.3 is 0 Å². The van der Waals surface area contributed by atoms with Gasteiger partial charge in [0.05, 0.1) is 0 Å². The van der Waals surface area contributed by atoms with Crippen LogP contribution in [0.3, 0.4) is 0 Å². The minimum Gasteiger partial charge on any atom is -0.350 e. The summed E-state index contributed by atoms with van der Waals surface area (Å²) in [7, 11) is 1.65. The minimum atomic E-state index is -0.218. The molecule has 1 unspecified atom stereocenters. The Labute approximate surface area is 106 Å². The van der Waals surface area contributed by atoms with Gasteiger partial charge in [-0.05, 0) is 25.8 Å². The molecule has 0 fully saturated rings. The molecular formula is C12H17ClN2O2. The molecule has 0 aromatic carbocycles. The van der Waals surface area contributed by atoms with Crippen molar-refractivity contribution in [3.8, 4) is 0 Å². The first-order valence-corrected chi connectivity index (χ1v) is 6.11. The van der Waals surface area contributed by atoms with Gasteiger partial charge in [-0.25, -0.2) is 0 Å². The molecule has 1 amide bonds. The first kappa shape index (κ1) is 13.8. The van der Waals surface area contributed by atoms with Crippen molar-refractivity contribution in [2.75, 3.05) is 5.88 Å². The van der Waals surface area contributed by atoms with E-state index >= 15 is 0 Å². The smallest absolute Gasteiger partial charge is 0.251 e. The fourth-order valence-electron chi connectivity index (χ4n) is 1.45. The predicted molar refractivity (Wildman–Crippen MR) is 68.6 cm³/mol. The molecule has 0 saturated carbocycles. The average molecular weight is 257 g/mol. The fourth-order valence-corrected chi connectivity index (χ4v) is 1.61. The first-order chi connectivity index (χ1) is 8.04. The predicted octanol–water partition coefficient (Wildman–Crippen LogP) is 1.52. The van der Waals surface area contributed by atoms with Crippen LogP contribution in [0.15, 0.2) is 23.1 Å². The van der Waals surface area contributed by atoms with Gasteiger partial charge in [0, 0.05) is 36.8 Å². The average Bonchev–Trinajstić information content (AvgIpc) is 2.30. The highest BCUT2D eigenvalue weighted by atomic mass is 35.5. The standard InChI is InChI=1S/C12H17ClN2O2/c1-9(4-3-6-13)14-12(17)10-5-7-15(2)11(16)8-10/h5,7-9H,3-4,6H2,1-2H3,(H,14,17). The second-order valence-electron chi connectivity index (χ2n) is 4.07. The second-order valence-corrected chi connectivity index (χ2v) is 4.45. The number of halogens is 1. The molecule has 0 aliphatic carbocycles. The Morgan fingerprint density at radius 2 is 2.29 bits per heavy atom. The van der Waals surface area contributed by atoms with Gasteiger partial charge in [0.25, 0.3) is 11.5 Å². The molecule has 0 saturated heterocycles. The summed E-state index contributed by atoms with van der Waals surface area (Å²) in [6, 6.07) is 3.03. The molecule has 1 N–H and O–H groups in total. The van der Waals surface area contributed by atoms with Crippen LogP contribution in [0, 0.1) is 0 Å². The Morgan fingerprint density at radius 1 is 1.59 bits per heavy atom. The lowest BCUT2D eigenvalue weighted by molar-refractivity contribution is 0.0938. The zero-order valence-electron chi connectivity index (χ0n) is 10.1. The van der Waals surface area contributed by atoms with E-state index in [1.54, 1.807) is 19.3 Å². The summed E-state index contributed by atoms with van der Waals surface area (Å²) in [5.41, 5.74) is 0.205. The number of amides is 1. The lowest BCUT2D eigenvalue weighted by atomic mass is 10.1. The highest BCUT2D eigenvalue weighted by Crippen LogP contribution is 2.01. The number of nitrogens with one attached hydrogen (secondary N) is 1. The van der Waals surface area contributed by atoms with Crippen molar-refractivity contribution < 1.29 is 4.79 Å². The van der Waals surface area contributed by atoms with Crippen LogP contribution >= 0.6 is 11.6 Å². The Kier molecular flexibility index (Phi) is 5.22. The van der Waals surface area contributed by atoms with Crippen LogP contribution < -0.4 is 10.9 Å². The molecule has 5 heteroatoms. The van der Waals surface area contributed by atoms with Crippen LogP contribution in [-0.4, -0.2) is 22.4 Å². The van der Waals surface area contributed by atoms with Crippen LogP contribution in [0.25, 0.3) is 0 Å². The van der Waals surface area contributed by atoms with E-state index in [1.807, 2.05) is 6.92 Å². The number of alkyl halides is 1. The van der Waals surface area contributed by atoms with E-state index < -0.39 is 0 Å². The summed E-state index contributed by atoms with van der Waals surface area (Å²) in [6.45, 7) is 1.92. The Bertz CT molecular complexity index is 442. The van der Waals surface area contributed by atoms with Gasteiger partial charge < -0.3 is 9.88 Å². The van der Waals surface area contributed by atoms with Gasteiger partial charge in [-0.15, -0.1) is 11.6 Å². The number of hydrogen-bond acceptors (Lipinski definition) is 2. The summed E-state index contributed by atoms with van der Waals surface area (Å²) < 4.78 is 1.42. The third kappa shape index (κ3) is 4.23. The lowest BCUT2D eigenvalue weighted by Gasteiger charge is -2.13. The second kappa shape index (κ2) is 6.45. The molecule has 1 aromatic rings. The van der Waals surface area contributed by atoms with Crippen molar-refractivity contribution in [1.82, 2.24) is 9.88 Å². The van der Waals surface area contributed by atoms with E-state index in [1.165, 1.54) is 10.6 Å². The number of hydrogen-bond donors (Lipinski definition) is 1. The quantitative estimate of drug-likeness (QED) is 0.813. The molecular weight excluding hydrogens is 240 g/mol. The SMILES string of the molecule is CC(CCCCl)NC(=O)c1ccn(C)c(=O)c1. The number of rotatable bonds is 5. The number of carbonyl (C=O) groups is 1. The highest BCUT2D eigenvalue weighted by Gasteiger charge is 2.10. The maximum absolute atomic E-state index is 11.8. The van der Waals surface area contributed by atoms with Crippen LogP contribution in [0.2, 0.25) is 0 Å². The zero-order chi connectivity index (χ0) is 12.8. The number of aromatic nitrogens is 1. The van der Waals surface area contributed by atoms with Gasteiger partial charge in [0.1, 0.15) is 0 Å². The molecule has 0 radical (unpaired) electrons. The lowest BCUT2D eigenvalue weighted by Crippen LogP contribution is -2.33. The summed E-state index contributed by atoms with van der Waals surface area (Å²) in [5.74, 6) is 0.372. The number of carbonyl (C=O) groups excluding carboxylic acids is 1. The normalized spacial score (nSPS) is 12.2. The van der Waals surface area contributed by atoms with Crippen LogP contribution in [-0.2, 0) is 7.05 Å². The van der Waals surface area contributed by atoms with Gasteiger partial charge in [-0.1, -0.05) is 0 Å². The summed E-state index contributed by atoms with van der Waals surface area (Å²) in [6.07, 6.45) is 3.28. The van der Waals surface area contributed by atoms with E-state index in [0.29, 0.717) is 11.4 Å². The van der Waals surface area contributed by atoms with Gasteiger partial charge in [-0.3, -0.25) is 9.59 Å². The largest absolute Gasteiger partial charge is 0.350 e. The Hall–Kier alpha value is -1.29. The maximum atomic E-state index is 11.8. The topological polar surface area (TPSA) is 51.1 Å². The van der Waals surface area contributed by atoms with E-state index in [2.05, 4.69) is 5.32 Å². The van der Waals surface area contributed by atoms with Crippen molar-refractivity contribution >= 4 is 17.5 Å². The number of pyridine rings is 1. The van der Waals surface area contributed by atoms with Crippen molar-refractivity contribution in [3.63, 3.8) is 0 Å². The third-order valence-electron chi connectivity index (χ3n) is 2.51. The molecule has 0 bridgehead atoms. The Morgan fingerprint density at radius 3 is 2.88 bits per heavy atom. The molecule has 0 spiro atoms. The summed E-state index contributed by atoms with van der Waals surface area (Å²) in [4.78, 5) is 23.2. The van der Waals surface area contributed by atoms with E-state index in [-0.39, 0.29) is 17.5 Å². The van der Waals surface area contributed by atoms with Gasteiger partial charge in [-0.2, -0.15) is 0 Å². The van der Waals surface area contributed by atoms with Crippen LogP contribution in [0.4, 0.5) is 0 Å². The van der Waals surface area contributed by atoms with Crippen molar-refractivity contribution in [1.29, 1.82) is 0 Å². The van der Waals surface area contributed by atoms with Crippen molar-refractivity contribution in [2.45, 2.75) is 25.8 Å². The van der Waals surface area contributed by atoms with Gasteiger partial charge in [0.2, 0.25) is 0 Å². The van der Waals surface area contributed by atoms with E-state index in [0.717, 1.165) is 12.8 Å². The first-order valence-electron chi connectivity index (χ1n) is 5.58. The van der Waals surface area contributed by atoms with E-state index in [4.69, 9.17) is 11.6 Å². The van der Waals surface area contributed by atoms with Crippen molar-refractivity contribution in [3.05, 3.63) is 34.2 Å². The monoisotopic (exact) mass is 256 g/mol. The third-order valence-corrected chi connectivity index (χ3v) is 2.78. The fraction of sp³-hybridized carbons (Fsp3) is 0.500. The van der Waals surface area contributed by atoms with E-state index in [9.17, 15) is 9.59 Å². The molecule has 4 nitrogen and oxygen atoms in total.